The van der Waals surface area contributed by atoms with Crippen molar-refractivity contribution in [1.82, 2.24) is 29.9 Å². The molecule has 7 nitrogen and oxygen atoms in total. The third-order valence-electron chi connectivity index (χ3n) is 5.62. The van der Waals surface area contributed by atoms with Crippen LogP contribution in [0, 0.1) is 12.3 Å². The van der Waals surface area contributed by atoms with Gasteiger partial charge in [-0.1, -0.05) is 38.1 Å². The van der Waals surface area contributed by atoms with Gasteiger partial charge in [-0.2, -0.15) is 10.2 Å². The Labute approximate surface area is 164 Å². The number of aromatic nitrogens is 5. The molecule has 1 unspecified atom stereocenters. The van der Waals surface area contributed by atoms with Gasteiger partial charge in [0.05, 0.1) is 11.7 Å². The van der Waals surface area contributed by atoms with E-state index in [0.29, 0.717) is 17.1 Å². The standard InChI is InChI=1S/C21H26N6O/c1-14-18(20(26(4)25-14)27-13-22-12-23-27)19(28)24-17-11-21(2,3)10-9-15-7-5-6-8-16(15)17/h5-8,12-13,17H,9-11H2,1-4H3,(H,24,28). The first-order valence-corrected chi connectivity index (χ1v) is 9.63. The van der Waals surface area contributed by atoms with Crippen LogP contribution in [0.2, 0.25) is 0 Å². The van der Waals surface area contributed by atoms with Crippen LogP contribution in [-0.2, 0) is 13.5 Å². The van der Waals surface area contributed by atoms with Gasteiger partial charge in [0.1, 0.15) is 18.2 Å². The van der Waals surface area contributed by atoms with E-state index in [1.54, 1.807) is 15.7 Å². The predicted molar refractivity (Wildman–Crippen MR) is 106 cm³/mol. The fourth-order valence-corrected chi connectivity index (χ4v) is 4.19. The summed E-state index contributed by atoms with van der Waals surface area (Å²) >= 11 is 0. The van der Waals surface area contributed by atoms with Crippen molar-refractivity contribution in [2.75, 3.05) is 0 Å². The number of amides is 1. The van der Waals surface area contributed by atoms with Gasteiger partial charge < -0.3 is 5.32 Å². The van der Waals surface area contributed by atoms with E-state index >= 15 is 0 Å². The van der Waals surface area contributed by atoms with Gasteiger partial charge in [-0.25, -0.2) is 14.3 Å². The molecule has 2 heterocycles. The molecule has 3 aromatic rings. The molecule has 1 atom stereocenters. The Hall–Kier alpha value is -2.96. The molecule has 1 aromatic carbocycles. The smallest absolute Gasteiger partial charge is 0.257 e. The summed E-state index contributed by atoms with van der Waals surface area (Å²) < 4.78 is 3.25. The number of carbonyl (C=O) groups is 1. The summed E-state index contributed by atoms with van der Waals surface area (Å²) in [4.78, 5) is 17.4. The van der Waals surface area contributed by atoms with Gasteiger partial charge >= 0.3 is 0 Å². The SMILES string of the molecule is Cc1nn(C)c(-n2cncn2)c1C(=O)NC1CC(C)(C)CCc2ccccc21. The topological polar surface area (TPSA) is 77.6 Å². The largest absolute Gasteiger partial charge is 0.345 e. The first kappa shape index (κ1) is 18.4. The van der Waals surface area contributed by atoms with Gasteiger partial charge in [-0.3, -0.25) is 4.79 Å². The number of nitrogens with zero attached hydrogens (tertiary/aromatic N) is 5. The number of carbonyl (C=O) groups excluding carboxylic acids is 1. The van der Waals surface area contributed by atoms with E-state index in [4.69, 9.17) is 0 Å². The second kappa shape index (κ2) is 6.89. The Balaban J connectivity index is 1.71. The fraction of sp³-hybridized carbons (Fsp3) is 0.429. The van der Waals surface area contributed by atoms with Crippen molar-refractivity contribution in [3.63, 3.8) is 0 Å². The van der Waals surface area contributed by atoms with Crippen LogP contribution in [0.4, 0.5) is 0 Å². The highest BCUT2D eigenvalue weighted by Crippen LogP contribution is 2.39. The minimum atomic E-state index is -0.131. The first-order valence-electron chi connectivity index (χ1n) is 9.63. The molecule has 0 saturated heterocycles. The number of hydrogen-bond donors (Lipinski definition) is 1. The molecule has 1 aliphatic rings. The lowest BCUT2D eigenvalue weighted by Gasteiger charge is -2.27. The highest BCUT2D eigenvalue weighted by Gasteiger charge is 2.32. The van der Waals surface area contributed by atoms with Crippen LogP contribution in [0.5, 0.6) is 0 Å². The van der Waals surface area contributed by atoms with Crippen molar-refractivity contribution < 1.29 is 4.79 Å². The molecule has 0 fully saturated rings. The minimum Gasteiger partial charge on any atom is -0.345 e. The second-order valence-corrected chi connectivity index (χ2v) is 8.34. The summed E-state index contributed by atoms with van der Waals surface area (Å²) in [6, 6.07) is 8.39. The van der Waals surface area contributed by atoms with Crippen LogP contribution in [0.15, 0.2) is 36.9 Å². The average Bonchev–Trinajstić information content (AvgIpc) is 3.23. The molecule has 1 amide bonds. The Morgan fingerprint density at radius 2 is 2.07 bits per heavy atom. The van der Waals surface area contributed by atoms with E-state index in [1.807, 2.05) is 20.0 Å². The summed E-state index contributed by atoms with van der Waals surface area (Å²) in [6.45, 7) is 6.39. The Morgan fingerprint density at radius 1 is 1.29 bits per heavy atom. The molecule has 0 radical (unpaired) electrons. The summed E-state index contributed by atoms with van der Waals surface area (Å²) in [7, 11) is 1.81. The summed E-state index contributed by atoms with van der Waals surface area (Å²) in [5.41, 5.74) is 3.89. The second-order valence-electron chi connectivity index (χ2n) is 8.34. The number of hydrogen-bond acceptors (Lipinski definition) is 4. The van der Waals surface area contributed by atoms with Crippen molar-refractivity contribution in [2.24, 2.45) is 12.5 Å². The molecule has 0 bridgehead atoms. The molecular formula is C21H26N6O. The third-order valence-corrected chi connectivity index (χ3v) is 5.62. The van der Waals surface area contributed by atoms with Crippen LogP contribution in [-0.4, -0.2) is 30.5 Å². The van der Waals surface area contributed by atoms with Gasteiger partial charge in [-0.15, -0.1) is 0 Å². The molecule has 4 rings (SSSR count). The van der Waals surface area contributed by atoms with Crippen molar-refractivity contribution in [1.29, 1.82) is 0 Å². The normalized spacial score (nSPS) is 18.4. The van der Waals surface area contributed by atoms with Crippen LogP contribution >= 0.6 is 0 Å². The molecule has 0 spiro atoms. The lowest BCUT2D eigenvalue weighted by molar-refractivity contribution is 0.0924. The molecule has 0 aliphatic heterocycles. The molecule has 28 heavy (non-hydrogen) atoms. The van der Waals surface area contributed by atoms with Crippen LogP contribution < -0.4 is 5.32 Å². The van der Waals surface area contributed by atoms with Crippen molar-refractivity contribution in [3.8, 4) is 5.82 Å². The maximum absolute atomic E-state index is 13.4. The molecule has 0 saturated carbocycles. The number of aryl methyl sites for hydroxylation is 3. The van der Waals surface area contributed by atoms with E-state index in [0.717, 1.165) is 19.3 Å². The Bertz CT molecular complexity index is 1000. The molecule has 2 aromatic heterocycles. The van der Waals surface area contributed by atoms with Gasteiger partial charge in [0.15, 0.2) is 5.82 Å². The number of rotatable bonds is 3. The maximum Gasteiger partial charge on any atom is 0.257 e. The Morgan fingerprint density at radius 3 is 2.82 bits per heavy atom. The highest BCUT2D eigenvalue weighted by atomic mass is 16.1. The highest BCUT2D eigenvalue weighted by molar-refractivity contribution is 5.98. The summed E-state index contributed by atoms with van der Waals surface area (Å²) in [6.07, 6.45) is 6.07. The number of benzene rings is 1. The third kappa shape index (κ3) is 3.32. The van der Waals surface area contributed by atoms with Crippen LogP contribution in [0.1, 0.15) is 59.9 Å². The van der Waals surface area contributed by atoms with Gasteiger partial charge in [-0.05, 0) is 42.7 Å². The lowest BCUT2D eigenvalue weighted by Crippen LogP contribution is -2.32. The first-order chi connectivity index (χ1) is 13.4. The fourth-order valence-electron chi connectivity index (χ4n) is 4.19. The van der Waals surface area contributed by atoms with E-state index in [1.165, 1.54) is 17.5 Å². The van der Waals surface area contributed by atoms with E-state index in [2.05, 4.69) is 52.5 Å². The monoisotopic (exact) mass is 378 g/mol. The van der Waals surface area contributed by atoms with Crippen molar-refractivity contribution in [3.05, 3.63) is 59.3 Å². The van der Waals surface area contributed by atoms with E-state index in [9.17, 15) is 4.79 Å². The lowest BCUT2D eigenvalue weighted by atomic mass is 9.83. The Kier molecular flexibility index (Phi) is 4.53. The van der Waals surface area contributed by atoms with Crippen molar-refractivity contribution in [2.45, 2.75) is 46.1 Å². The van der Waals surface area contributed by atoms with E-state index < -0.39 is 0 Å². The van der Waals surface area contributed by atoms with Crippen molar-refractivity contribution >= 4 is 5.91 Å². The zero-order valence-electron chi connectivity index (χ0n) is 16.8. The molecule has 7 heteroatoms. The van der Waals surface area contributed by atoms with Crippen LogP contribution in [0.3, 0.4) is 0 Å². The van der Waals surface area contributed by atoms with Crippen LogP contribution in [0.25, 0.3) is 5.82 Å². The van der Waals surface area contributed by atoms with Gasteiger partial charge in [0, 0.05) is 7.05 Å². The minimum absolute atomic E-state index is 0.0376. The average molecular weight is 378 g/mol. The van der Waals surface area contributed by atoms with Gasteiger partial charge in [0.25, 0.3) is 5.91 Å². The van der Waals surface area contributed by atoms with Gasteiger partial charge in [0.2, 0.25) is 0 Å². The molecule has 1 aliphatic carbocycles. The predicted octanol–water partition coefficient (Wildman–Crippen LogP) is 3.14. The molecular weight excluding hydrogens is 352 g/mol. The zero-order chi connectivity index (χ0) is 19.9. The summed E-state index contributed by atoms with van der Waals surface area (Å²) in [5, 5.41) is 11.9. The number of fused-ring (bicyclic) bond motifs is 1. The maximum atomic E-state index is 13.4. The zero-order valence-corrected chi connectivity index (χ0v) is 16.8. The molecule has 146 valence electrons. The summed E-state index contributed by atoms with van der Waals surface area (Å²) in [5.74, 6) is 0.488. The molecule has 1 N–H and O–H groups in total. The number of nitrogens with one attached hydrogen (secondary N) is 1. The quantitative estimate of drug-likeness (QED) is 0.710. The van der Waals surface area contributed by atoms with E-state index in [-0.39, 0.29) is 17.4 Å².